The van der Waals surface area contributed by atoms with Crippen molar-refractivity contribution in [3.05, 3.63) is 57.9 Å². The topological polar surface area (TPSA) is 40.6 Å². The number of amides is 2. The highest BCUT2D eigenvalue weighted by atomic mass is 32.1. The fourth-order valence-corrected chi connectivity index (χ4v) is 4.51. The summed E-state index contributed by atoms with van der Waals surface area (Å²) in [5, 5.41) is 1.81. The highest BCUT2D eigenvalue weighted by Gasteiger charge is 2.44. The van der Waals surface area contributed by atoms with E-state index in [4.69, 9.17) is 0 Å². The number of imide groups is 1. The van der Waals surface area contributed by atoms with Gasteiger partial charge in [0.25, 0.3) is 11.8 Å². The lowest BCUT2D eigenvalue weighted by Gasteiger charge is -2.32. The van der Waals surface area contributed by atoms with Crippen molar-refractivity contribution in [1.82, 2.24) is 4.90 Å². The molecule has 0 saturated carbocycles. The van der Waals surface area contributed by atoms with Crippen LogP contribution in [0.15, 0.2) is 47.5 Å². The van der Waals surface area contributed by atoms with E-state index in [9.17, 15) is 22.8 Å². The zero-order valence-corrected chi connectivity index (χ0v) is 16.5. The summed E-state index contributed by atoms with van der Waals surface area (Å²) in [4.78, 5) is 30.0. The zero-order valence-electron chi connectivity index (χ0n) is 15.7. The fourth-order valence-electron chi connectivity index (χ4n) is 3.74. The van der Waals surface area contributed by atoms with E-state index in [-0.39, 0.29) is 11.3 Å². The Morgan fingerprint density at radius 2 is 1.76 bits per heavy atom. The van der Waals surface area contributed by atoms with E-state index >= 15 is 0 Å². The van der Waals surface area contributed by atoms with Crippen LogP contribution in [0.1, 0.15) is 30.2 Å². The molecule has 0 spiro atoms. The second kappa shape index (κ2) is 7.33. The molecule has 8 heteroatoms. The Bertz CT molecular complexity index is 974. The summed E-state index contributed by atoms with van der Waals surface area (Å²) >= 11 is 1.33. The van der Waals surface area contributed by atoms with Crippen LogP contribution in [0.4, 0.5) is 18.9 Å². The minimum Gasteiger partial charge on any atom is -0.366 e. The molecule has 1 fully saturated rings. The number of carbonyl (C=O) groups is 2. The smallest absolute Gasteiger partial charge is 0.366 e. The van der Waals surface area contributed by atoms with Crippen molar-refractivity contribution in [1.29, 1.82) is 0 Å². The number of piperidine rings is 1. The first kappa shape index (κ1) is 19.7. The summed E-state index contributed by atoms with van der Waals surface area (Å²) in [5.74, 6) is -0.610. The minimum absolute atomic E-state index is 0.0655. The summed E-state index contributed by atoms with van der Waals surface area (Å²) in [7, 11) is 0. The van der Waals surface area contributed by atoms with Gasteiger partial charge in [0.05, 0.1) is 16.8 Å². The van der Waals surface area contributed by atoms with Gasteiger partial charge in [0.2, 0.25) is 0 Å². The van der Waals surface area contributed by atoms with Crippen molar-refractivity contribution < 1.29 is 22.8 Å². The molecule has 0 radical (unpaired) electrons. The number of rotatable bonds is 3. The lowest BCUT2D eigenvalue weighted by molar-refractivity contribution is -0.137. The maximum Gasteiger partial charge on any atom is 0.416 e. The monoisotopic (exact) mass is 420 g/mol. The van der Waals surface area contributed by atoms with E-state index in [1.54, 1.807) is 12.1 Å². The predicted octanol–water partition coefficient (Wildman–Crippen LogP) is 4.78. The van der Waals surface area contributed by atoms with Crippen LogP contribution in [0.25, 0.3) is 5.57 Å². The molecular formula is C21H19F3N2O2S. The number of likely N-dealkylation sites (tertiary alicyclic amines) is 1. The third-order valence-corrected chi connectivity index (χ3v) is 6.25. The van der Waals surface area contributed by atoms with Crippen molar-refractivity contribution in [3.8, 4) is 0 Å². The second-order valence-electron chi connectivity index (χ2n) is 7.36. The van der Waals surface area contributed by atoms with E-state index in [0.29, 0.717) is 29.6 Å². The van der Waals surface area contributed by atoms with Gasteiger partial charge in [0, 0.05) is 18.0 Å². The molecule has 152 valence electrons. The molecule has 2 amide bonds. The quantitative estimate of drug-likeness (QED) is 0.671. The van der Waals surface area contributed by atoms with Crippen LogP contribution in [0.3, 0.4) is 0 Å². The molecule has 2 aliphatic rings. The molecule has 0 unspecified atom stereocenters. The van der Waals surface area contributed by atoms with Crippen LogP contribution in [0.5, 0.6) is 0 Å². The fraction of sp³-hybridized carbons (Fsp3) is 0.333. The van der Waals surface area contributed by atoms with Crippen molar-refractivity contribution >= 4 is 34.4 Å². The van der Waals surface area contributed by atoms with E-state index in [2.05, 4.69) is 6.92 Å². The molecule has 1 saturated heterocycles. The van der Waals surface area contributed by atoms with Gasteiger partial charge in [-0.15, -0.1) is 11.3 Å². The average molecular weight is 420 g/mol. The van der Waals surface area contributed by atoms with Crippen LogP contribution < -0.4 is 4.90 Å². The second-order valence-corrected chi connectivity index (χ2v) is 8.31. The van der Waals surface area contributed by atoms with Crippen molar-refractivity contribution in [3.63, 3.8) is 0 Å². The van der Waals surface area contributed by atoms with Crippen molar-refractivity contribution in [2.24, 2.45) is 5.92 Å². The average Bonchev–Trinajstić information content (AvgIpc) is 3.28. The molecule has 0 atom stereocenters. The Morgan fingerprint density at radius 1 is 1.03 bits per heavy atom. The first-order valence-corrected chi connectivity index (χ1v) is 10.2. The molecule has 1 aromatic heterocycles. The number of hydrogen-bond acceptors (Lipinski definition) is 4. The van der Waals surface area contributed by atoms with Gasteiger partial charge < -0.3 is 4.90 Å². The van der Waals surface area contributed by atoms with Gasteiger partial charge in [-0.2, -0.15) is 13.2 Å². The summed E-state index contributed by atoms with van der Waals surface area (Å²) in [5.41, 5.74) is -0.392. The molecule has 2 aromatic rings. The molecule has 2 aliphatic heterocycles. The number of anilines is 1. The maximum atomic E-state index is 13.3. The van der Waals surface area contributed by atoms with Crippen molar-refractivity contribution in [2.45, 2.75) is 25.9 Å². The van der Waals surface area contributed by atoms with Gasteiger partial charge in [0.15, 0.2) is 0 Å². The first-order chi connectivity index (χ1) is 13.8. The Kier molecular flexibility index (Phi) is 4.98. The number of hydrogen-bond donors (Lipinski definition) is 0. The van der Waals surface area contributed by atoms with Gasteiger partial charge in [-0.25, -0.2) is 4.90 Å². The molecular weight excluding hydrogens is 401 g/mol. The SMILES string of the molecule is CC1CCN(C2=C(c3cccs3)C(=O)N(c3cccc(C(F)(F)F)c3)C2=O)CC1. The first-order valence-electron chi connectivity index (χ1n) is 9.36. The third-order valence-electron chi connectivity index (χ3n) is 5.36. The van der Waals surface area contributed by atoms with Crippen LogP contribution in [0.2, 0.25) is 0 Å². The standard InChI is InChI=1S/C21H19F3N2O2S/c1-13-7-9-25(10-8-13)18-17(16-6-3-11-29-16)19(27)26(20(18)28)15-5-2-4-14(12-15)21(22,23)24/h2-6,11-13H,7-10H2,1H3. The van der Waals surface area contributed by atoms with E-state index in [1.165, 1.54) is 23.5 Å². The predicted molar refractivity (Wildman–Crippen MR) is 105 cm³/mol. The number of benzene rings is 1. The summed E-state index contributed by atoms with van der Waals surface area (Å²) in [6.07, 6.45) is -2.77. The van der Waals surface area contributed by atoms with Crippen LogP contribution in [0, 0.1) is 5.92 Å². The number of halogens is 3. The molecule has 0 N–H and O–H groups in total. The lowest BCUT2D eigenvalue weighted by Crippen LogP contribution is -2.38. The largest absolute Gasteiger partial charge is 0.416 e. The van der Waals surface area contributed by atoms with Gasteiger partial charge >= 0.3 is 6.18 Å². The number of thiophene rings is 1. The number of alkyl halides is 3. The highest BCUT2D eigenvalue weighted by molar-refractivity contribution is 7.11. The molecule has 0 aliphatic carbocycles. The Morgan fingerprint density at radius 3 is 2.38 bits per heavy atom. The number of carbonyl (C=O) groups excluding carboxylic acids is 2. The molecule has 29 heavy (non-hydrogen) atoms. The molecule has 4 rings (SSSR count). The van der Waals surface area contributed by atoms with E-state index < -0.39 is 23.6 Å². The van der Waals surface area contributed by atoms with Gasteiger partial charge in [-0.3, -0.25) is 9.59 Å². The lowest BCUT2D eigenvalue weighted by atomic mass is 9.98. The maximum absolute atomic E-state index is 13.3. The van der Waals surface area contributed by atoms with E-state index in [1.807, 2.05) is 10.3 Å². The van der Waals surface area contributed by atoms with Crippen molar-refractivity contribution in [2.75, 3.05) is 18.0 Å². The minimum atomic E-state index is -4.56. The Hall–Kier alpha value is -2.61. The van der Waals surface area contributed by atoms with Crippen LogP contribution in [-0.2, 0) is 15.8 Å². The number of nitrogens with zero attached hydrogens (tertiary/aromatic N) is 2. The highest BCUT2D eigenvalue weighted by Crippen LogP contribution is 2.39. The van der Waals surface area contributed by atoms with E-state index in [0.717, 1.165) is 29.9 Å². The summed E-state index contributed by atoms with van der Waals surface area (Å²) < 4.78 is 39.4. The Balaban J connectivity index is 1.77. The Labute approximate surface area is 170 Å². The van der Waals surface area contributed by atoms with Gasteiger partial charge in [0.1, 0.15) is 5.70 Å². The molecule has 0 bridgehead atoms. The molecule has 4 nitrogen and oxygen atoms in total. The van der Waals surface area contributed by atoms with Crippen LogP contribution >= 0.6 is 11.3 Å². The van der Waals surface area contributed by atoms with Crippen LogP contribution in [-0.4, -0.2) is 29.8 Å². The summed E-state index contributed by atoms with van der Waals surface area (Å²) in [6.45, 7) is 3.42. The molecule has 1 aromatic carbocycles. The van der Waals surface area contributed by atoms with Gasteiger partial charge in [-0.1, -0.05) is 19.1 Å². The third kappa shape index (κ3) is 3.57. The molecule has 3 heterocycles. The summed E-state index contributed by atoms with van der Waals surface area (Å²) in [6, 6.07) is 7.89. The van der Waals surface area contributed by atoms with Gasteiger partial charge in [-0.05, 0) is 48.4 Å². The normalized spacial score (nSPS) is 18.9. The zero-order chi connectivity index (χ0) is 20.8.